The monoisotopic (exact) mass is 867 g/mol. The summed E-state index contributed by atoms with van der Waals surface area (Å²) < 4.78 is 113. The number of benzene rings is 2. The molecule has 0 amide bonds. The fourth-order valence-corrected chi connectivity index (χ4v) is 9.29. The lowest BCUT2D eigenvalue weighted by atomic mass is 10.0. The molecule has 6 aromatic rings. The van der Waals surface area contributed by atoms with E-state index < -0.39 is 48.9 Å². The van der Waals surface area contributed by atoms with Gasteiger partial charge in [-0.2, -0.15) is 13.2 Å². The number of anilines is 2. The van der Waals surface area contributed by atoms with Gasteiger partial charge in [0.2, 0.25) is 21.9 Å². The van der Waals surface area contributed by atoms with Crippen LogP contribution in [0.25, 0.3) is 44.6 Å². The van der Waals surface area contributed by atoms with Crippen LogP contribution in [-0.4, -0.2) is 84.0 Å². The number of aromatic nitrogens is 6. The van der Waals surface area contributed by atoms with Crippen LogP contribution in [0.15, 0.2) is 108 Å². The van der Waals surface area contributed by atoms with Crippen LogP contribution in [0, 0.1) is 11.7 Å². The van der Waals surface area contributed by atoms with Crippen LogP contribution in [0.2, 0.25) is 0 Å². The number of nitrogens with zero attached hydrogens (tertiary/aromatic N) is 6. The van der Waals surface area contributed by atoms with Crippen LogP contribution >= 0.6 is 0 Å². The number of hydrogen-bond donors (Lipinski definition) is 4. The van der Waals surface area contributed by atoms with Crippen molar-refractivity contribution >= 4 is 31.8 Å². The van der Waals surface area contributed by atoms with Gasteiger partial charge in [-0.25, -0.2) is 50.9 Å². The van der Waals surface area contributed by atoms with Gasteiger partial charge in [0.05, 0.1) is 28.5 Å². The van der Waals surface area contributed by atoms with Gasteiger partial charge in [0.25, 0.3) is 0 Å². The van der Waals surface area contributed by atoms with Crippen molar-refractivity contribution in [1.82, 2.24) is 34.6 Å². The van der Waals surface area contributed by atoms with Crippen molar-refractivity contribution in [2.24, 2.45) is 5.92 Å². The zero-order chi connectivity index (χ0) is 43.1. The first-order valence-electron chi connectivity index (χ1n) is 18.0. The maximum Gasteiger partial charge on any atom is 0.416 e. The molecule has 60 heavy (non-hydrogen) atoms. The average molecular weight is 868 g/mol. The van der Waals surface area contributed by atoms with Gasteiger partial charge in [0.1, 0.15) is 5.82 Å². The minimum Gasteiger partial charge on any atom is -0.395 e. The molecule has 0 bridgehead atoms. The number of nitrogens with one attached hydrogen (secondary N) is 1. The fourth-order valence-electron chi connectivity index (χ4n) is 6.17. The Morgan fingerprint density at radius 1 is 0.733 bits per heavy atom. The number of nitrogens with two attached hydrogens (primary N) is 2. The normalized spacial score (nSPS) is 13.7. The van der Waals surface area contributed by atoms with E-state index in [-0.39, 0.29) is 46.3 Å². The van der Waals surface area contributed by atoms with Gasteiger partial charge in [0.15, 0.2) is 14.9 Å². The van der Waals surface area contributed by atoms with Gasteiger partial charge in [0, 0.05) is 90.3 Å². The number of aliphatic hydroxyl groups is 1. The highest BCUT2D eigenvalue weighted by Gasteiger charge is 2.33. The lowest BCUT2D eigenvalue weighted by Crippen LogP contribution is -2.27. The van der Waals surface area contributed by atoms with E-state index in [1.54, 1.807) is 30.3 Å². The van der Waals surface area contributed by atoms with Crippen LogP contribution in [0.4, 0.5) is 29.5 Å². The molecule has 15 nitrogen and oxygen atoms in total. The molecule has 0 saturated carbocycles. The van der Waals surface area contributed by atoms with Gasteiger partial charge in [-0.1, -0.05) is 24.3 Å². The highest BCUT2D eigenvalue weighted by molar-refractivity contribution is 7.91. The van der Waals surface area contributed by atoms with Crippen molar-refractivity contribution in [3.05, 3.63) is 109 Å². The van der Waals surface area contributed by atoms with E-state index in [2.05, 4.69) is 34.6 Å². The molecular weight excluding hydrogens is 831 g/mol. The van der Waals surface area contributed by atoms with Gasteiger partial charge in [-0.3, -0.25) is 4.98 Å². The summed E-state index contributed by atoms with van der Waals surface area (Å²) in [5.41, 5.74) is 12.7. The Balaban J connectivity index is 0.000000201. The van der Waals surface area contributed by atoms with Crippen LogP contribution in [0.1, 0.15) is 18.4 Å². The number of sulfonamides is 1. The van der Waals surface area contributed by atoms with Crippen LogP contribution < -0.4 is 16.2 Å². The summed E-state index contributed by atoms with van der Waals surface area (Å²) in [5.74, 6) is -0.291. The Bertz CT molecular complexity index is 2650. The number of halogens is 4. The molecule has 0 spiro atoms. The average Bonchev–Trinajstić information content (AvgIpc) is 3.23. The molecule has 314 valence electrons. The summed E-state index contributed by atoms with van der Waals surface area (Å²) in [6, 6.07) is 13.3. The number of nitrogen functional groups attached to an aromatic ring is 2. The van der Waals surface area contributed by atoms with Gasteiger partial charge in [-0.15, -0.1) is 0 Å². The number of aliphatic hydroxyl groups excluding tert-OH is 1. The minimum absolute atomic E-state index is 0.00369. The molecule has 7 rings (SSSR count). The lowest BCUT2D eigenvalue weighted by molar-refractivity contribution is -0.137. The molecule has 4 aromatic heterocycles. The van der Waals surface area contributed by atoms with E-state index >= 15 is 0 Å². The molecular formula is C39H37F4N9O6S2. The van der Waals surface area contributed by atoms with Gasteiger partial charge >= 0.3 is 6.18 Å². The standard InChI is InChI=1S/C21H21FN4O3S.C18H16F3N5O3S/c22-19-10-15(3-4-17(19)16-11-25-21(23)26-12-16)18-2-1-7-24-20(18)30(27,28)13-14-5-8-29-9-6-14;19-18(20,21)13-2-3-14(16(7-13)30(28,29)26-5-6-27)11-1-4-15(23-8-11)12-9-24-17(22)25-10-12/h1-4,7,10-12,14H,5-6,8-9,13H2,(H2,23,25,26);1-4,7-10,26-27H,5-6H2,(H2,22,24,25). The number of rotatable bonds is 11. The topological polar surface area (TPSA) is 239 Å². The molecule has 5 heterocycles. The summed E-state index contributed by atoms with van der Waals surface area (Å²) in [6.07, 6.45) is 5.24. The molecule has 1 saturated heterocycles. The molecule has 0 aliphatic carbocycles. The van der Waals surface area contributed by atoms with Crippen LogP contribution in [0.3, 0.4) is 0 Å². The van der Waals surface area contributed by atoms with Crippen molar-refractivity contribution < 1.29 is 44.2 Å². The van der Waals surface area contributed by atoms with E-state index in [4.69, 9.17) is 21.3 Å². The van der Waals surface area contributed by atoms with Crippen LogP contribution in [0.5, 0.6) is 0 Å². The quantitative estimate of drug-likeness (QED) is 0.122. The third-order valence-electron chi connectivity index (χ3n) is 9.17. The number of pyridine rings is 2. The maximum atomic E-state index is 14.9. The molecule has 2 aromatic carbocycles. The SMILES string of the molecule is Nc1ncc(-c2ccc(-c3ccc(C(F)(F)F)cc3S(=O)(=O)NCCO)cn2)cn1.Nc1ncc(-c2ccc(-c3cccnc3S(=O)(=O)CC3CCOCC3)cc2F)cn1. The Kier molecular flexibility index (Phi) is 13.4. The Morgan fingerprint density at radius 3 is 1.95 bits per heavy atom. The first kappa shape index (κ1) is 43.6. The molecule has 1 fully saturated rings. The van der Waals surface area contributed by atoms with Crippen molar-refractivity contribution in [2.75, 3.05) is 43.6 Å². The first-order chi connectivity index (χ1) is 28.6. The minimum atomic E-state index is -4.73. The molecule has 21 heteroatoms. The highest BCUT2D eigenvalue weighted by atomic mass is 32.2. The number of ether oxygens (including phenoxy) is 1. The van der Waals surface area contributed by atoms with E-state index in [1.807, 2.05) is 0 Å². The summed E-state index contributed by atoms with van der Waals surface area (Å²) in [7, 11) is -7.96. The van der Waals surface area contributed by atoms with Gasteiger partial charge in [-0.05, 0) is 60.7 Å². The zero-order valence-electron chi connectivity index (χ0n) is 31.4. The van der Waals surface area contributed by atoms with E-state index in [0.29, 0.717) is 65.6 Å². The largest absolute Gasteiger partial charge is 0.416 e. The fraction of sp³-hybridized carbons (Fsp3) is 0.231. The maximum absolute atomic E-state index is 14.9. The number of sulfone groups is 1. The third kappa shape index (κ3) is 10.6. The van der Waals surface area contributed by atoms with Crippen LogP contribution in [-0.2, 0) is 30.8 Å². The Morgan fingerprint density at radius 2 is 1.35 bits per heavy atom. The van der Waals surface area contributed by atoms with E-state index in [0.717, 1.165) is 12.1 Å². The smallest absolute Gasteiger partial charge is 0.395 e. The van der Waals surface area contributed by atoms with Crippen molar-refractivity contribution in [2.45, 2.75) is 28.9 Å². The summed E-state index contributed by atoms with van der Waals surface area (Å²) in [4.78, 5) is 23.3. The van der Waals surface area contributed by atoms with Crippen molar-refractivity contribution in [3.63, 3.8) is 0 Å². The van der Waals surface area contributed by atoms with E-state index in [9.17, 15) is 34.4 Å². The predicted molar refractivity (Wildman–Crippen MR) is 213 cm³/mol. The third-order valence-corrected chi connectivity index (χ3v) is 12.5. The molecule has 6 N–H and O–H groups in total. The Labute approximate surface area is 342 Å². The number of alkyl halides is 3. The summed E-state index contributed by atoms with van der Waals surface area (Å²) in [5, 5.41) is 8.84. The van der Waals surface area contributed by atoms with E-state index in [1.165, 1.54) is 49.3 Å². The zero-order valence-corrected chi connectivity index (χ0v) is 33.1. The second-order valence-corrected chi connectivity index (χ2v) is 17.0. The second-order valence-electron chi connectivity index (χ2n) is 13.3. The first-order valence-corrected chi connectivity index (χ1v) is 21.2. The Hall–Kier alpha value is -6.00. The molecule has 1 aliphatic rings. The second kappa shape index (κ2) is 18.5. The predicted octanol–water partition coefficient (Wildman–Crippen LogP) is 5.20. The number of hydrogen-bond acceptors (Lipinski definition) is 14. The lowest BCUT2D eigenvalue weighted by Gasteiger charge is -2.22. The molecule has 0 unspecified atom stereocenters. The van der Waals surface area contributed by atoms with Gasteiger partial charge < -0.3 is 21.3 Å². The molecule has 0 atom stereocenters. The van der Waals surface area contributed by atoms with Crippen molar-refractivity contribution in [1.29, 1.82) is 0 Å². The highest BCUT2D eigenvalue weighted by Crippen LogP contribution is 2.36. The molecule has 1 aliphatic heterocycles. The summed E-state index contributed by atoms with van der Waals surface area (Å²) in [6.45, 7) is 0.285. The molecule has 0 radical (unpaired) electrons. The summed E-state index contributed by atoms with van der Waals surface area (Å²) >= 11 is 0. The van der Waals surface area contributed by atoms with Crippen molar-refractivity contribution in [3.8, 4) is 44.6 Å².